The molecule has 3 nitrogen and oxygen atoms in total. The number of hydrogen-bond acceptors (Lipinski definition) is 4. The van der Waals surface area contributed by atoms with Crippen LogP contribution in [0, 0.1) is 13.8 Å². The lowest BCUT2D eigenvalue weighted by Gasteiger charge is -2.14. The maximum atomic E-state index is 5.93. The van der Waals surface area contributed by atoms with Crippen molar-refractivity contribution in [1.29, 1.82) is 0 Å². The van der Waals surface area contributed by atoms with Gasteiger partial charge < -0.3 is 10.1 Å². The Bertz CT molecular complexity index is 553. The van der Waals surface area contributed by atoms with Gasteiger partial charge in [-0.05, 0) is 43.4 Å². The smallest absolute Gasteiger partial charge is 0.131 e. The van der Waals surface area contributed by atoms with Gasteiger partial charge in [-0.2, -0.15) is 0 Å². The van der Waals surface area contributed by atoms with E-state index in [1.54, 1.807) is 11.3 Å². The van der Waals surface area contributed by atoms with Crippen LogP contribution in [0.25, 0.3) is 0 Å². The van der Waals surface area contributed by atoms with Crippen molar-refractivity contribution in [3.05, 3.63) is 45.4 Å². The normalized spacial score (nSPS) is 14.5. The number of ether oxygens (including phenoxy) is 1. The van der Waals surface area contributed by atoms with Gasteiger partial charge in [0.25, 0.3) is 0 Å². The van der Waals surface area contributed by atoms with Crippen molar-refractivity contribution >= 4 is 11.3 Å². The summed E-state index contributed by atoms with van der Waals surface area (Å²) in [6, 6.07) is 5.19. The zero-order chi connectivity index (χ0) is 13.9. The molecule has 1 aromatic heterocycles. The van der Waals surface area contributed by atoms with Crippen molar-refractivity contribution in [1.82, 2.24) is 10.3 Å². The van der Waals surface area contributed by atoms with Gasteiger partial charge in [0.1, 0.15) is 12.4 Å². The number of aryl methyl sites for hydroxylation is 2. The maximum Gasteiger partial charge on any atom is 0.131 e. The van der Waals surface area contributed by atoms with Gasteiger partial charge in [-0.3, -0.25) is 0 Å². The van der Waals surface area contributed by atoms with E-state index in [0.717, 1.165) is 24.0 Å². The Kier molecular flexibility index (Phi) is 4.03. The third kappa shape index (κ3) is 3.38. The molecule has 0 atom stereocenters. The highest BCUT2D eigenvalue weighted by Crippen LogP contribution is 2.26. The molecular formula is C16H20N2OS. The molecular weight excluding hydrogens is 268 g/mol. The minimum absolute atomic E-state index is 0.546. The van der Waals surface area contributed by atoms with Crippen LogP contribution in [0.15, 0.2) is 23.0 Å². The fourth-order valence-corrected chi connectivity index (χ4v) is 2.92. The summed E-state index contributed by atoms with van der Waals surface area (Å²) >= 11 is 1.60. The van der Waals surface area contributed by atoms with Gasteiger partial charge >= 0.3 is 0 Å². The maximum absolute atomic E-state index is 5.93. The second kappa shape index (κ2) is 5.94. The Balaban J connectivity index is 1.67. The standard InChI is InChI=1S/C16H20N2OS/c1-11-5-13(7-17-14-3-4-14)6-12(2)16(11)19-8-15-9-20-10-18-15/h5-6,9-10,14,17H,3-4,7-8H2,1-2H3. The van der Waals surface area contributed by atoms with Crippen molar-refractivity contribution in [2.45, 2.75) is 45.9 Å². The Morgan fingerprint density at radius 1 is 1.30 bits per heavy atom. The minimum atomic E-state index is 0.546. The molecule has 0 amide bonds. The van der Waals surface area contributed by atoms with E-state index in [0.29, 0.717) is 6.61 Å². The molecule has 0 unspecified atom stereocenters. The Labute approximate surface area is 124 Å². The monoisotopic (exact) mass is 288 g/mol. The predicted molar refractivity (Wildman–Crippen MR) is 82.2 cm³/mol. The number of nitrogens with zero attached hydrogens (tertiary/aromatic N) is 1. The van der Waals surface area contributed by atoms with Gasteiger partial charge in [-0.1, -0.05) is 12.1 Å². The second-order valence-electron chi connectivity index (χ2n) is 5.48. The van der Waals surface area contributed by atoms with Crippen LogP contribution in [0.2, 0.25) is 0 Å². The Morgan fingerprint density at radius 2 is 2.05 bits per heavy atom. The van der Waals surface area contributed by atoms with Crippen LogP contribution >= 0.6 is 11.3 Å². The highest BCUT2D eigenvalue weighted by Gasteiger charge is 2.20. The topological polar surface area (TPSA) is 34.1 Å². The third-order valence-electron chi connectivity index (χ3n) is 3.54. The molecule has 1 aliphatic rings. The molecule has 0 aliphatic heterocycles. The Morgan fingerprint density at radius 3 is 2.65 bits per heavy atom. The highest BCUT2D eigenvalue weighted by molar-refractivity contribution is 7.07. The molecule has 1 N–H and O–H groups in total. The average molecular weight is 288 g/mol. The first kappa shape index (κ1) is 13.6. The van der Waals surface area contributed by atoms with Crippen molar-refractivity contribution in [2.24, 2.45) is 0 Å². The first-order chi connectivity index (χ1) is 9.72. The van der Waals surface area contributed by atoms with E-state index < -0.39 is 0 Å². The third-order valence-corrected chi connectivity index (χ3v) is 4.18. The molecule has 106 valence electrons. The molecule has 0 bridgehead atoms. The number of hydrogen-bond donors (Lipinski definition) is 1. The first-order valence-corrected chi connectivity index (χ1v) is 8.00. The number of rotatable bonds is 6. The van der Waals surface area contributed by atoms with Crippen LogP contribution in [-0.2, 0) is 13.2 Å². The van der Waals surface area contributed by atoms with E-state index in [2.05, 4.69) is 36.3 Å². The molecule has 2 aromatic rings. The van der Waals surface area contributed by atoms with Crippen LogP contribution in [0.5, 0.6) is 5.75 Å². The van der Waals surface area contributed by atoms with Gasteiger partial charge in [0.15, 0.2) is 0 Å². The van der Waals surface area contributed by atoms with Crippen LogP contribution in [0.3, 0.4) is 0 Å². The fourth-order valence-electron chi connectivity index (χ4n) is 2.37. The lowest BCUT2D eigenvalue weighted by molar-refractivity contribution is 0.298. The van der Waals surface area contributed by atoms with Gasteiger partial charge in [0.05, 0.1) is 11.2 Å². The largest absolute Gasteiger partial charge is 0.487 e. The molecule has 1 saturated carbocycles. The molecule has 20 heavy (non-hydrogen) atoms. The summed E-state index contributed by atoms with van der Waals surface area (Å²) in [6.07, 6.45) is 2.65. The number of nitrogens with one attached hydrogen (secondary N) is 1. The molecule has 3 rings (SSSR count). The first-order valence-electron chi connectivity index (χ1n) is 7.06. The van der Waals surface area contributed by atoms with Crippen LogP contribution in [0.1, 0.15) is 35.2 Å². The molecule has 1 heterocycles. The van der Waals surface area contributed by atoms with E-state index in [4.69, 9.17) is 4.74 Å². The van der Waals surface area contributed by atoms with Crippen LogP contribution < -0.4 is 10.1 Å². The zero-order valence-corrected chi connectivity index (χ0v) is 12.8. The second-order valence-corrected chi connectivity index (χ2v) is 6.20. The summed E-state index contributed by atoms with van der Waals surface area (Å²) in [5.74, 6) is 0.994. The number of aromatic nitrogens is 1. The molecule has 4 heteroatoms. The van der Waals surface area contributed by atoms with E-state index >= 15 is 0 Å². The number of thiazole rings is 1. The lowest BCUT2D eigenvalue weighted by atomic mass is 10.1. The average Bonchev–Trinajstić information content (AvgIpc) is 3.10. The molecule has 0 spiro atoms. The van der Waals surface area contributed by atoms with Crippen LogP contribution in [-0.4, -0.2) is 11.0 Å². The summed E-state index contributed by atoms with van der Waals surface area (Å²) in [4.78, 5) is 4.25. The lowest BCUT2D eigenvalue weighted by Crippen LogP contribution is -2.15. The van der Waals surface area contributed by atoms with Crippen molar-refractivity contribution in [3.8, 4) is 5.75 Å². The van der Waals surface area contributed by atoms with Gasteiger partial charge in [-0.25, -0.2) is 4.98 Å². The quantitative estimate of drug-likeness (QED) is 0.882. The number of benzene rings is 1. The predicted octanol–water partition coefficient (Wildman–Crippen LogP) is 3.59. The van der Waals surface area contributed by atoms with Crippen molar-refractivity contribution < 1.29 is 4.74 Å². The van der Waals surface area contributed by atoms with E-state index in [1.807, 2.05) is 10.9 Å². The van der Waals surface area contributed by atoms with E-state index in [-0.39, 0.29) is 0 Å². The summed E-state index contributed by atoms with van der Waals surface area (Å²) in [5.41, 5.74) is 6.58. The molecule has 1 aromatic carbocycles. The van der Waals surface area contributed by atoms with Gasteiger partial charge in [-0.15, -0.1) is 11.3 Å². The highest BCUT2D eigenvalue weighted by atomic mass is 32.1. The van der Waals surface area contributed by atoms with Crippen molar-refractivity contribution in [3.63, 3.8) is 0 Å². The zero-order valence-electron chi connectivity index (χ0n) is 12.0. The van der Waals surface area contributed by atoms with Gasteiger partial charge in [0, 0.05) is 18.0 Å². The molecule has 0 saturated heterocycles. The van der Waals surface area contributed by atoms with E-state index in [9.17, 15) is 0 Å². The van der Waals surface area contributed by atoms with E-state index in [1.165, 1.54) is 29.5 Å². The minimum Gasteiger partial charge on any atom is -0.487 e. The summed E-state index contributed by atoms with van der Waals surface area (Å²) in [7, 11) is 0. The Hall–Kier alpha value is -1.39. The summed E-state index contributed by atoms with van der Waals surface area (Å²) in [6.45, 7) is 5.73. The van der Waals surface area contributed by atoms with Gasteiger partial charge in [0.2, 0.25) is 0 Å². The summed E-state index contributed by atoms with van der Waals surface area (Å²) in [5, 5.41) is 5.58. The van der Waals surface area contributed by atoms with Crippen molar-refractivity contribution in [2.75, 3.05) is 0 Å². The summed E-state index contributed by atoms with van der Waals surface area (Å²) < 4.78 is 5.93. The SMILES string of the molecule is Cc1cc(CNC2CC2)cc(C)c1OCc1cscn1. The molecule has 0 radical (unpaired) electrons. The fraction of sp³-hybridized carbons (Fsp3) is 0.438. The molecule has 1 aliphatic carbocycles. The van der Waals surface area contributed by atoms with Crippen LogP contribution in [0.4, 0.5) is 0 Å². The molecule has 1 fully saturated rings.